The fourth-order valence-electron chi connectivity index (χ4n) is 7.43. The summed E-state index contributed by atoms with van der Waals surface area (Å²) in [6, 6.07) is 11.9. The lowest BCUT2D eigenvalue weighted by atomic mass is 9.48. The number of carbonyl (C=O) groups excluding carboxylic acids is 2. The van der Waals surface area contributed by atoms with E-state index >= 15 is 0 Å². The Morgan fingerprint density at radius 3 is 2.34 bits per heavy atom. The molecule has 2 amide bonds. The average Bonchev–Trinajstić information content (AvgIpc) is 2.95. The first-order chi connectivity index (χ1) is 14.0. The first kappa shape index (κ1) is 17.5. The molecule has 5 aliphatic rings. The van der Waals surface area contributed by atoms with E-state index in [4.69, 9.17) is 0 Å². The van der Waals surface area contributed by atoms with Crippen LogP contribution in [-0.4, -0.2) is 24.4 Å². The molecule has 4 fully saturated rings. The van der Waals surface area contributed by atoms with Gasteiger partial charge in [0.1, 0.15) is 6.54 Å². The molecule has 1 atom stereocenters. The minimum atomic E-state index is -0.0607. The van der Waals surface area contributed by atoms with Gasteiger partial charge in [-0.15, -0.1) is 0 Å². The van der Waals surface area contributed by atoms with Crippen LogP contribution in [0.5, 0.6) is 0 Å². The molecule has 4 saturated carbocycles. The Balaban J connectivity index is 1.20. The third-order valence-corrected chi connectivity index (χ3v) is 8.33. The number of nitrogens with zero attached hydrogens (tertiary/aromatic N) is 1. The van der Waals surface area contributed by atoms with Crippen LogP contribution in [0.1, 0.15) is 55.8 Å². The van der Waals surface area contributed by atoms with Crippen molar-refractivity contribution in [3.05, 3.63) is 42.0 Å². The van der Waals surface area contributed by atoms with Gasteiger partial charge in [-0.2, -0.15) is 0 Å². The lowest BCUT2D eigenvalue weighted by Crippen LogP contribution is -2.56. The predicted molar refractivity (Wildman–Crippen MR) is 114 cm³/mol. The largest absolute Gasteiger partial charge is 0.352 e. The number of nitrogens with one attached hydrogen (secondary N) is 1. The lowest BCUT2D eigenvalue weighted by Gasteiger charge is -2.59. The zero-order valence-electron chi connectivity index (χ0n) is 17.0. The second kappa shape index (κ2) is 6.07. The number of anilines is 1. The Bertz CT molecular complexity index is 986. The molecule has 0 unspecified atom stereocenters. The molecular formula is C25H28N2O2. The van der Waals surface area contributed by atoms with Crippen LogP contribution in [0.4, 0.5) is 5.69 Å². The van der Waals surface area contributed by atoms with Gasteiger partial charge in [-0.05, 0) is 86.1 Å². The van der Waals surface area contributed by atoms with Crippen LogP contribution >= 0.6 is 0 Å². The zero-order valence-corrected chi connectivity index (χ0v) is 17.0. The summed E-state index contributed by atoms with van der Waals surface area (Å²) in [5.41, 5.74) is 1.85. The molecule has 4 nitrogen and oxygen atoms in total. The number of rotatable bonds is 4. The normalized spacial score (nSPS) is 32.8. The minimum Gasteiger partial charge on any atom is -0.352 e. The van der Waals surface area contributed by atoms with Gasteiger partial charge in [0.15, 0.2) is 0 Å². The molecular weight excluding hydrogens is 360 g/mol. The van der Waals surface area contributed by atoms with E-state index in [0.717, 1.165) is 34.2 Å². The van der Waals surface area contributed by atoms with Crippen molar-refractivity contribution in [3.63, 3.8) is 0 Å². The molecule has 7 rings (SSSR count). The van der Waals surface area contributed by atoms with E-state index < -0.39 is 0 Å². The maximum atomic E-state index is 13.0. The first-order valence-electron chi connectivity index (χ1n) is 11.2. The molecule has 29 heavy (non-hydrogen) atoms. The Kier molecular flexibility index (Phi) is 3.66. The Hall–Kier alpha value is -2.36. The Morgan fingerprint density at radius 2 is 1.69 bits per heavy atom. The summed E-state index contributed by atoms with van der Waals surface area (Å²) in [6.45, 7) is 2.30. The van der Waals surface area contributed by atoms with Crippen molar-refractivity contribution in [2.45, 2.75) is 51.5 Å². The van der Waals surface area contributed by atoms with Gasteiger partial charge in [0.25, 0.3) is 5.91 Å². The molecule has 1 aliphatic heterocycles. The van der Waals surface area contributed by atoms with Gasteiger partial charge in [0.05, 0.1) is 5.69 Å². The van der Waals surface area contributed by atoms with Gasteiger partial charge in [-0.3, -0.25) is 14.5 Å². The quantitative estimate of drug-likeness (QED) is 0.837. The second-order valence-corrected chi connectivity index (χ2v) is 10.1. The van der Waals surface area contributed by atoms with Gasteiger partial charge in [0, 0.05) is 17.0 Å². The van der Waals surface area contributed by atoms with Gasteiger partial charge < -0.3 is 5.32 Å². The molecule has 4 heteroatoms. The molecule has 0 spiro atoms. The third kappa shape index (κ3) is 2.57. The summed E-state index contributed by atoms with van der Waals surface area (Å²) < 4.78 is 0. The van der Waals surface area contributed by atoms with E-state index in [9.17, 15) is 9.59 Å². The highest BCUT2D eigenvalue weighted by Gasteiger charge is 2.53. The van der Waals surface area contributed by atoms with E-state index in [1.54, 1.807) is 4.90 Å². The van der Waals surface area contributed by atoms with Crippen LogP contribution in [0.3, 0.4) is 0 Å². The Labute approximate surface area is 171 Å². The molecule has 4 aliphatic carbocycles. The second-order valence-electron chi connectivity index (χ2n) is 10.1. The van der Waals surface area contributed by atoms with E-state index in [1.807, 2.05) is 36.4 Å². The first-order valence-corrected chi connectivity index (χ1v) is 11.2. The van der Waals surface area contributed by atoms with Crippen LogP contribution in [0, 0.1) is 23.2 Å². The number of benzene rings is 2. The van der Waals surface area contributed by atoms with Crippen molar-refractivity contribution in [1.29, 1.82) is 0 Å². The maximum Gasteiger partial charge on any atom is 0.259 e. The zero-order chi connectivity index (χ0) is 19.8. The summed E-state index contributed by atoms with van der Waals surface area (Å²) in [6.07, 6.45) is 8.04. The van der Waals surface area contributed by atoms with Crippen LogP contribution in [0.2, 0.25) is 0 Å². The summed E-state index contributed by atoms with van der Waals surface area (Å²) in [7, 11) is 0. The maximum absolute atomic E-state index is 13.0. The summed E-state index contributed by atoms with van der Waals surface area (Å²) in [5.74, 6) is 2.51. The van der Waals surface area contributed by atoms with Crippen molar-refractivity contribution in [2.75, 3.05) is 11.4 Å². The van der Waals surface area contributed by atoms with E-state index in [1.165, 1.54) is 38.5 Å². The fourth-order valence-corrected chi connectivity index (χ4v) is 7.43. The monoisotopic (exact) mass is 388 g/mol. The van der Waals surface area contributed by atoms with Gasteiger partial charge in [0.2, 0.25) is 5.91 Å². The number of hydrogen-bond donors (Lipinski definition) is 1. The lowest BCUT2D eigenvalue weighted by molar-refractivity contribution is -0.124. The molecule has 0 radical (unpaired) electrons. The van der Waals surface area contributed by atoms with E-state index in [0.29, 0.717) is 5.56 Å². The van der Waals surface area contributed by atoms with Gasteiger partial charge in [-0.25, -0.2) is 0 Å². The summed E-state index contributed by atoms with van der Waals surface area (Å²) in [5, 5.41) is 5.34. The van der Waals surface area contributed by atoms with Gasteiger partial charge >= 0.3 is 0 Å². The highest BCUT2D eigenvalue weighted by molar-refractivity contribution is 6.26. The number of carbonyl (C=O) groups is 2. The van der Waals surface area contributed by atoms with Crippen LogP contribution in [0.15, 0.2) is 36.4 Å². The SMILES string of the molecule is C[C@@H](NC(=O)CN1C(=O)c2cccc3cccc1c23)C12CC3CC(CC(C3)C1)C2. The molecule has 0 aromatic heterocycles. The average molecular weight is 389 g/mol. The third-order valence-electron chi connectivity index (χ3n) is 8.33. The number of hydrogen-bond acceptors (Lipinski definition) is 2. The standard InChI is InChI=1S/C25H28N2O2/c1-15(25-11-16-8-17(12-25)10-18(9-16)13-25)26-22(28)14-27-21-7-3-5-19-4-2-6-20(23(19)21)24(27)29/h2-7,15-18H,8-14H2,1H3,(H,26,28)/t15-,16?,17?,18?,25?/m1/s1. The fraction of sp³-hybridized carbons (Fsp3) is 0.520. The van der Waals surface area contributed by atoms with Crippen molar-refractivity contribution >= 4 is 28.3 Å². The van der Waals surface area contributed by atoms with Crippen LogP contribution in [-0.2, 0) is 4.79 Å². The van der Waals surface area contributed by atoms with Crippen LogP contribution < -0.4 is 10.2 Å². The van der Waals surface area contributed by atoms with Crippen molar-refractivity contribution in [3.8, 4) is 0 Å². The highest BCUT2D eigenvalue weighted by atomic mass is 16.2. The molecule has 1 N–H and O–H groups in total. The predicted octanol–water partition coefficient (Wildman–Crippen LogP) is 4.52. The highest BCUT2D eigenvalue weighted by Crippen LogP contribution is 2.61. The molecule has 2 aromatic carbocycles. The molecule has 1 heterocycles. The summed E-state index contributed by atoms with van der Waals surface area (Å²) in [4.78, 5) is 27.6. The Morgan fingerprint density at radius 1 is 1.07 bits per heavy atom. The topological polar surface area (TPSA) is 49.4 Å². The smallest absolute Gasteiger partial charge is 0.259 e. The van der Waals surface area contributed by atoms with Crippen molar-refractivity contribution < 1.29 is 9.59 Å². The molecule has 4 bridgehead atoms. The molecule has 2 aromatic rings. The minimum absolute atomic E-state index is 0.0357. The van der Waals surface area contributed by atoms with Crippen LogP contribution in [0.25, 0.3) is 10.8 Å². The number of amides is 2. The van der Waals surface area contributed by atoms with Crippen molar-refractivity contribution in [2.24, 2.45) is 23.2 Å². The summed E-state index contributed by atoms with van der Waals surface area (Å²) >= 11 is 0. The van der Waals surface area contributed by atoms with E-state index in [2.05, 4.69) is 12.2 Å². The molecule has 150 valence electrons. The van der Waals surface area contributed by atoms with Gasteiger partial charge in [-0.1, -0.05) is 24.3 Å². The van der Waals surface area contributed by atoms with Crippen molar-refractivity contribution in [1.82, 2.24) is 5.32 Å². The van der Waals surface area contributed by atoms with E-state index in [-0.39, 0.29) is 29.8 Å². The molecule has 0 saturated heterocycles.